The first-order valence-corrected chi connectivity index (χ1v) is 12.0. The van der Waals surface area contributed by atoms with Crippen LogP contribution in [0.25, 0.3) is 0 Å². The molecule has 10 atom stereocenters. The number of unbranched alkanes of at least 4 members (excludes halogenated alkanes) is 2. The van der Waals surface area contributed by atoms with Crippen molar-refractivity contribution in [1.82, 2.24) is 5.32 Å². The van der Waals surface area contributed by atoms with E-state index < -0.39 is 49.1 Å². The standard InChI is InChI=1S/C22H44N4O7/c1-12-14(8-4-6-10-23)31-21(16(25)18(12)28)33-20-15(9-5-7-11-24)32-22(30-3)17(19(20)29)26-13(2)27/h12,14-22,28-29H,4-11,23-25H2,1-3H3,(H,26,27). The van der Waals surface area contributed by atoms with Gasteiger partial charge in [0, 0.05) is 20.0 Å². The second-order valence-corrected chi connectivity index (χ2v) is 9.14. The van der Waals surface area contributed by atoms with E-state index in [0.717, 1.165) is 25.7 Å². The Hall–Kier alpha value is -0.890. The van der Waals surface area contributed by atoms with Crippen LogP contribution in [0, 0.1) is 5.92 Å². The molecule has 2 saturated heterocycles. The number of carbonyl (C=O) groups is 1. The molecule has 1 amide bonds. The van der Waals surface area contributed by atoms with E-state index in [-0.39, 0.29) is 17.9 Å². The van der Waals surface area contributed by atoms with Gasteiger partial charge in [-0.25, -0.2) is 0 Å². The summed E-state index contributed by atoms with van der Waals surface area (Å²) < 4.78 is 23.8. The second kappa shape index (κ2) is 13.9. The van der Waals surface area contributed by atoms with E-state index in [1.165, 1.54) is 14.0 Å². The molecule has 0 aromatic rings. The molecule has 10 unspecified atom stereocenters. The number of aliphatic hydroxyl groups is 2. The summed E-state index contributed by atoms with van der Waals surface area (Å²) in [4.78, 5) is 11.7. The third-order valence-corrected chi connectivity index (χ3v) is 6.59. The van der Waals surface area contributed by atoms with E-state index in [0.29, 0.717) is 25.9 Å². The van der Waals surface area contributed by atoms with Crippen LogP contribution in [0.2, 0.25) is 0 Å². The molecule has 11 heteroatoms. The van der Waals surface area contributed by atoms with Crippen molar-refractivity contribution < 1.29 is 34.0 Å². The Morgan fingerprint density at radius 2 is 1.55 bits per heavy atom. The third kappa shape index (κ3) is 7.55. The molecule has 0 aromatic heterocycles. The summed E-state index contributed by atoms with van der Waals surface area (Å²) in [7, 11) is 1.45. The van der Waals surface area contributed by atoms with Gasteiger partial charge in [-0.1, -0.05) is 6.92 Å². The van der Waals surface area contributed by atoms with Crippen molar-refractivity contribution in [2.45, 2.75) is 108 Å². The molecule has 0 spiro atoms. The monoisotopic (exact) mass is 476 g/mol. The highest BCUT2D eigenvalue weighted by Gasteiger charge is 2.50. The Morgan fingerprint density at radius 1 is 0.970 bits per heavy atom. The van der Waals surface area contributed by atoms with Crippen molar-refractivity contribution in [2.75, 3.05) is 20.2 Å². The van der Waals surface area contributed by atoms with Crippen LogP contribution < -0.4 is 22.5 Å². The van der Waals surface area contributed by atoms with Gasteiger partial charge in [0.2, 0.25) is 5.91 Å². The Bertz CT molecular complexity index is 587. The molecule has 9 N–H and O–H groups in total. The van der Waals surface area contributed by atoms with Crippen LogP contribution >= 0.6 is 0 Å². The lowest BCUT2D eigenvalue weighted by atomic mass is 9.87. The number of nitrogens with one attached hydrogen (secondary N) is 1. The lowest BCUT2D eigenvalue weighted by molar-refractivity contribution is -0.320. The lowest BCUT2D eigenvalue weighted by Gasteiger charge is -2.48. The first kappa shape index (κ1) is 28.3. The van der Waals surface area contributed by atoms with E-state index in [2.05, 4.69) is 5.32 Å². The number of methoxy groups -OCH3 is 1. The number of hydrogen-bond donors (Lipinski definition) is 6. The molecule has 11 nitrogen and oxygen atoms in total. The molecule has 2 fully saturated rings. The molecular weight excluding hydrogens is 432 g/mol. The molecule has 33 heavy (non-hydrogen) atoms. The van der Waals surface area contributed by atoms with E-state index in [1.807, 2.05) is 6.92 Å². The summed E-state index contributed by atoms with van der Waals surface area (Å²) >= 11 is 0. The fourth-order valence-corrected chi connectivity index (χ4v) is 4.62. The van der Waals surface area contributed by atoms with Gasteiger partial charge in [0.1, 0.15) is 18.2 Å². The summed E-state index contributed by atoms with van der Waals surface area (Å²) in [5, 5.41) is 24.6. The van der Waals surface area contributed by atoms with E-state index in [1.54, 1.807) is 0 Å². The molecule has 2 rings (SSSR count). The normalized spacial score (nSPS) is 39.4. The Kier molecular flexibility index (Phi) is 11.9. The first-order chi connectivity index (χ1) is 15.7. The van der Waals surface area contributed by atoms with Crippen molar-refractivity contribution in [2.24, 2.45) is 23.1 Å². The maximum absolute atomic E-state index is 11.7. The average molecular weight is 477 g/mol. The topological polar surface area (TPSA) is 185 Å². The molecule has 0 bridgehead atoms. The third-order valence-electron chi connectivity index (χ3n) is 6.59. The Balaban J connectivity index is 2.20. The van der Waals surface area contributed by atoms with Crippen molar-refractivity contribution in [1.29, 1.82) is 0 Å². The van der Waals surface area contributed by atoms with E-state index >= 15 is 0 Å². The maximum Gasteiger partial charge on any atom is 0.217 e. The zero-order valence-corrected chi connectivity index (χ0v) is 20.1. The summed E-state index contributed by atoms with van der Waals surface area (Å²) in [5.74, 6) is -0.504. The molecule has 2 aliphatic rings. The van der Waals surface area contributed by atoms with Crippen LogP contribution in [0.5, 0.6) is 0 Å². The zero-order valence-electron chi connectivity index (χ0n) is 20.1. The van der Waals surface area contributed by atoms with Crippen LogP contribution in [-0.2, 0) is 23.7 Å². The van der Waals surface area contributed by atoms with Crippen LogP contribution in [0.15, 0.2) is 0 Å². The van der Waals surface area contributed by atoms with Gasteiger partial charge in [0.15, 0.2) is 12.6 Å². The molecule has 2 aliphatic heterocycles. The van der Waals surface area contributed by atoms with Crippen molar-refractivity contribution >= 4 is 5.91 Å². The lowest BCUT2D eigenvalue weighted by Crippen LogP contribution is -2.67. The minimum atomic E-state index is -1.14. The quantitative estimate of drug-likeness (QED) is 0.189. The fraction of sp³-hybridized carbons (Fsp3) is 0.955. The highest BCUT2D eigenvalue weighted by molar-refractivity contribution is 5.73. The van der Waals surface area contributed by atoms with Gasteiger partial charge < -0.3 is 51.7 Å². The van der Waals surface area contributed by atoms with Crippen molar-refractivity contribution in [3.05, 3.63) is 0 Å². The highest BCUT2D eigenvalue weighted by atomic mass is 16.7. The van der Waals surface area contributed by atoms with Gasteiger partial charge in [-0.15, -0.1) is 0 Å². The van der Waals surface area contributed by atoms with Gasteiger partial charge >= 0.3 is 0 Å². The van der Waals surface area contributed by atoms with Crippen molar-refractivity contribution in [3.63, 3.8) is 0 Å². The number of carbonyl (C=O) groups excluding carboxylic acids is 1. The number of hydrogen-bond acceptors (Lipinski definition) is 10. The molecule has 194 valence electrons. The smallest absolute Gasteiger partial charge is 0.217 e. The minimum Gasteiger partial charge on any atom is -0.391 e. The van der Waals surface area contributed by atoms with Gasteiger partial charge in [0.25, 0.3) is 0 Å². The largest absolute Gasteiger partial charge is 0.391 e. The van der Waals surface area contributed by atoms with Crippen LogP contribution in [0.4, 0.5) is 0 Å². The molecule has 0 radical (unpaired) electrons. The SMILES string of the molecule is COC1OC(CCCCN)C(OC2OC(CCCCN)C(C)C(O)C2N)C(O)C1NC(C)=O. The van der Waals surface area contributed by atoms with Gasteiger partial charge in [-0.2, -0.15) is 0 Å². The molecule has 0 saturated carbocycles. The fourth-order valence-electron chi connectivity index (χ4n) is 4.62. The van der Waals surface area contributed by atoms with Crippen LogP contribution in [0.3, 0.4) is 0 Å². The predicted molar refractivity (Wildman–Crippen MR) is 122 cm³/mol. The summed E-state index contributed by atoms with van der Waals surface area (Å²) in [6, 6.07) is -1.64. The van der Waals surface area contributed by atoms with Crippen LogP contribution in [0.1, 0.15) is 52.4 Å². The van der Waals surface area contributed by atoms with Crippen LogP contribution in [-0.4, -0.2) is 91.5 Å². The number of aliphatic hydroxyl groups excluding tert-OH is 2. The molecule has 2 heterocycles. The number of ether oxygens (including phenoxy) is 4. The number of amides is 1. The van der Waals surface area contributed by atoms with E-state index in [9.17, 15) is 15.0 Å². The first-order valence-electron chi connectivity index (χ1n) is 12.0. The second-order valence-electron chi connectivity index (χ2n) is 9.14. The average Bonchev–Trinajstić information content (AvgIpc) is 2.78. The van der Waals surface area contributed by atoms with E-state index in [4.69, 9.17) is 36.1 Å². The zero-order chi connectivity index (χ0) is 24.5. The summed E-state index contributed by atoms with van der Waals surface area (Å²) in [5.41, 5.74) is 17.5. The molecule has 0 aromatic carbocycles. The van der Waals surface area contributed by atoms with Gasteiger partial charge in [0.05, 0.1) is 24.4 Å². The molecular formula is C22H44N4O7. The van der Waals surface area contributed by atoms with Crippen molar-refractivity contribution in [3.8, 4) is 0 Å². The predicted octanol–water partition coefficient (Wildman–Crippen LogP) is -1.08. The Morgan fingerprint density at radius 3 is 2.09 bits per heavy atom. The summed E-state index contributed by atoms with van der Waals surface area (Å²) in [6.07, 6.45) is -0.880. The Labute approximate surface area is 196 Å². The van der Waals surface area contributed by atoms with Gasteiger partial charge in [-0.3, -0.25) is 4.79 Å². The highest BCUT2D eigenvalue weighted by Crippen LogP contribution is 2.33. The molecule has 0 aliphatic carbocycles. The number of rotatable bonds is 12. The minimum absolute atomic E-state index is 0.171. The van der Waals surface area contributed by atoms with Gasteiger partial charge in [-0.05, 0) is 51.6 Å². The number of nitrogens with two attached hydrogens (primary N) is 3. The maximum atomic E-state index is 11.7. The summed E-state index contributed by atoms with van der Waals surface area (Å²) in [6.45, 7) is 4.38.